The summed E-state index contributed by atoms with van der Waals surface area (Å²) in [5.74, 6) is -0.393. The van der Waals surface area contributed by atoms with Crippen molar-refractivity contribution in [3.63, 3.8) is 0 Å². The molecule has 3 amide bonds. The van der Waals surface area contributed by atoms with Gasteiger partial charge in [0.05, 0.1) is 17.3 Å². The van der Waals surface area contributed by atoms with Crippen molar-refractivity contribution in [1.82, 2.24) is 20.0 Å². The highest BCUT2D eigenvalue weighted by atomic mass is 19.4. The smallest absolute Gasteiger partial charge is 0.337 e. The Morgan fingerprint density at radius 2 is 1.69 bits per heavy atom. The zero-order valence-corrected chi connectivity index (χ0v) is 16.9. The maximum atomic E-state index is 12.7. The van der Waals surface area contributed by atoms with Crippen LogP contribution < -0.4 is 11.1 Å². The number of fused-ring (bicyclic) bond motifs is 1. The van der Waals surface area contributed by atoms with Gasteiger partial charge in [-0.2, -0.15) is 18.3 Å². The highest BCUT2D eigenvalue weighted by Crippen LogP contribution is 2.30. The number of nitrogens with zero attached hydrogens (tertiary/aromatic N) is 3. The molecule has 1 unspecified atom stereocenters. The number of urea groups is 1. The molecule has 2 heterocycles. The minimum atomic E-state index is -4.45. The van der Waals surface area contributed by atoms with Crippen molar-refractivity contribution in [3.8, 4) is 0 Å². The number of halogens is 3. The van der Waals surface area contributed by atoms with Crippen LogP contribution in [-0.2, 0) is 11.0 Å². The van der Waals surface area contributed by atoms with Gasteiger partial charge in [-0.25, -0.2) is 4.79 Å². The van der Waals surface area contributed by atoms with Gasteiger partial charge in [-0.05, 0) is 35.9 Å². The molecule has 1 aromatic heterocycles. The molecule has 0 bridgehead atoms. The van der Waals surface area contributed by atoms with Crippen LogP contribution in [-0.4, -0.2) is 58.1 Å². The summed E-state index contributed by atoms with van der Waals surface area (Å²) in [5, 5.41) is 10.5. The van der Waals surface area contributed by atoms with Gasteiger partial charge in [-0.1, -0.05) is 12.1 Å². The van der Waals surface area contributed by atoms with Gasteiger partial charge < -0.3 is 20.9 Å². The van der Waals surface area contributed by atoms with Crippen LogP contribution in [0.4, 0.5) is 23.7 Å². The number of H-pyrrole nitrogens is 1. The van der Waals surface area contributed by atoms with Crippen molar-refractivity contribution in [1.29, 1.82) is 0 Å². The van der Waals surface area contributed by atoms with Crippen LogP contribution in [0.25, 0.3) is 10.9 Å². The van der Waals surface area contributed by atoms with E-state index >= 15 is 0 Å². The maximum Gasteiger partial charge on any atom is 0.416 e. The van der Waals surface area contributed by atoms with E-state index in [0.29, 0.717) is 24.3 Å². The van der Waals surface area contributed by atoms with Crippen LogP contribution in [0.15, 0.2) is 48.7 Å². The van der Waals surface area contributed by atoms with E-state index in [1.807, 2.05) is 6.07 Å². The normalized spacial score (nSPS) is 15.6. The first-order valence-electron chi connectivity index (χ1n) is 9.93. The number of carbonyl (C=O) groups excluding carboxylic acids is 2. The molecular weight excluding hydrogens is 425 g/mol. The Morgan fingerprint density at radius 3 is 2.34 bits per heavy atom. The first-order chi connectivity index (χ1) is 15.2. The van der Waals surface area contributed by atoms with Crippen molar-refractivity contribution in [2.75, 3.05) is 31.5 Å². The highest BCUT2D eigenvalue weighted by molar-refractivity contribution is 5.92. The Balaban J connectivity index is 1.32. The first kappa shape index (κ1) is 21.6. The van der Waals surface area contributed by atoms with Crippen LogP contribution in [0.1, 0.15) is 17.2 Å². The van der Waals surface area contributed by atoms with Gasteiger partial charge in [0.1, 0.15) is 6.04 Å². The lowest BCUT2D eigenvalue weighted by Gasteiger charge is -2.36. The fourth-order valence-electron chi connectivity index (χ4n) is 3.57. The molecule has 0 saturated carbocycles. The number of anilines is 1. The molecule has 1 atom stereocenters. The molecule has 0 aliphatic carbocycles. The van der Waals surface area contributed by atoms with Crippen molar-refractivity contribution in [2.45, 2.75) is 12.2 Å². The van der Waals surface area contributed by atoms with Crippen molar-refractivity contribution < 1.29 is 22.8 Å². The maximum absolute atomic E-state index is 12.7. The molecule has 1 fully saturated rings. The topological polar surface area (TPSA) is 107 Å². The van der Waals surface area contributed by atoms with Gasteiger partial charge >= 0.3 is 12.2 Å². The molecule has 11 heteroatoms. The molecule has 2 aromatic carbocycles. The highest BCUT2D eigenvalue weighted by Gasteiger charge is 2.31. The number of nitrogens with two attached hydrogens (primary N) is 1. The average Bonchev–Trinajstić information content (AvgIpc) is 3.25. The fourth-order valence-corrected chi connectivity index (χ4v) is 3.57. The SMILES string of the molecule is NC(C(=O)N1CCN(C(=O)Nc2ccc3[nH]ncc3c2)CC1)c1ccc(C(F)(F)F)cc1. The van der Waals surface area contributed by atoms with Gasteiger partial charge in [0, 0.05) is 37.3 Å². The van der Waals surface area contributed by atoms with Gasteiger partial charge in [-0.3, -0.25) is 9.89 Å². The van der Waals surface area contributed by atoms with Crippen LogP contribution in [0.3, 0.4) is 0 Å². The number of amides is 3. The third-order valence-electron chi connectivity index (χ3n) is 5.43. The number of nitrogens with one attached hydrogen (secondary N) is 2. The van der Waals surface area contributed by atoms with E-state index in [1.54, 1.807) is 23.2 Å². The minimum Gasteiger partial charge on any atom is -0.337 e. The molecule has 0 spiro atoms. The molecule has 1 aliphatic rings. The average molecular weight is 446 g/mol. The number of hydrogen-bond donors (Lipinski definition) is 3. The Labute approximate surface area is 181 Å². The molecule has 4 N–H and O–H groups in total. The first-order valence-corrected chi connectivity index (χ1v) is 9.93. The summed E-state index contributed by atoms with van der Waals surface area (Å²) in [6.45, 7) is 1.18. The summed E-state index contributed by atoms with van der Waals surface area (Å²) in [6.07, 6.45) is -2.79. The van der Waals surface area contributed by atoms with Crippen molar-refractivity contribution in [3.05, 3.63) is 59.8 Å². The van der Waals surface area contributed by atoms with Gasteiger partial charge in [0.15, 0.2) is 0 Å². The van der Waals surface area contributed by atoms with Crippen molar-refractivity contribution in [2.24, 2.45) is 5.73 Å². The van der Waals surface area contributed by atoms with E-state index in [9.17, 15) is 22.8 Å². The fraction of sp³-hybridized carbons (Fsp3) is 0.286. The number of carbonyl (C=O) groups is 2. The number of benzene rings is 2. The summed E-state index contributed by atoms with van der Waals surface area (Å²) in [5.41, 5.74) is 6.99. The standard InChI is InChI=1S/C21H21F3N6O2/c22-21(23,24)15-3-1-13(2-4-15)18(25)19(31)29-7-9-30(10-8-29)20(32)27-16-5-6-17-14(11-16)12-26-28-17/h1-6,11-12,18H,7-10,25H2,(H,26,28)(H,27,32). The summed E-state index contributed by atoms with van der Waals surface area (Å²) in [7, 11) is 0. The number of hydrogen-bond acceptors (Lipinski definition) is 4. The third kappa shape index (κ3) is 4.52. The zero-order valence-electron chi connectivity index (χ0n) is 16.9. The Bertz CT molecular complexity index is 1120. The van der Waals surface area contributed by atoms with Gasteiger partial charge in [-0.15, -0.1) is 0 Å². The van der Waals surface area contributed by atoms with Crippen LogP contribution in [0.5, 0.6) is 0 Å². The predicted octanol–water partition coefficient (Wildman–Crippen LogP) is 2.96. The van der Waals surface area contributed by atoms with Gasteiger partial charge in [0.25, 0.3) is 0 Å². The number of aromatic amines is 1. The zero-order chi connectivity index (χ0) is 22.9. The summed E-state index contributed by atoms with van der Waals surface area (Å²) >= 11 is 0. The Kier molecular flexibility index (Phi) is 5.74. The van der Waals surface area contributed by atoms with E-state index in [0.717, 1.165) is 23.0 Å². The summed E-state index contributed by atoms with van der Waals surface area (Å²) in [6, 6.07) is 8.28. The third-order valence-corrected chi connectivity index (χ3v) is 5.43. The van der Waals surface area contributed by atoms with Crippen LogP contribution in [0, 0.1) is 0 Å². The molecule has 4 rings (SSSR count). The molecule has 8 nitrogen and oxygen atoms in total. The molecule has 32 heavy (non-hydrogen) atoms. The summed E-state index contributed by atoms with van der Waals surface area (Å²) in [4.78, 5) is 28.4. The second-order valence-electron chi connectivity index (χ2n) is 7.51. The lowest BCUT2D eigenvalue weighted by atomic mass is 10.0. The van der Waals surface area contributed by atoms with Gasteiger partial charge in [0.2, 0.25) is 5.91 Å². The number of aromatic nitrogens is 2. The molecule has 168 valence electrons. The lowest BCUT2D eigenvalue weighted by molar-refractivity contribution is -0.137. The lowest BCUT2D eigenvalue weighted by Crippen LogP contribution is -2.53. The predicted molar refractivity (Wildman–Crippen MR) is 112 cm³/mol. The summed E-state index contributed by atoms with van der Waals surface area (Å²) < 4.78 is 38.1. The minimum absolute atomic E-state index is 0.279. The van der Waals surface area contributed by atoms with E-state index in [1.165, 1.54) is 17.0 Å². The second kappa shape index (κ2) is 8.50. The quantitative estimate of drug-likeness (QED) is 0.575. The molecular formula is C21H21F3N6O2. The number of alkyl halides is 3. The van der Waals surface area contributed by atoms with E-state index in [2.05, 4.69) is 15.5 Å². The molecule has 1 saturated heterocycles. The number of rotatable bonds is 3. The Hall–Kier alpha value is -3.60. The van der Waals surface area contributed by atoms with Crippen LogP contribution in [0.2, 0.25) is 0 Å². The van der Waals surface area contributed by atoms with E-state index in [-0.39, 0.29) is 19.1 Å². The molecule has 1 aliphatic heterocycles. The molecule has 0 radical (unpaired) electrons. The monoisotopic (exact) mass is 446 g/mol. The van der Waals surface area contributed by atoms with Crippen molar-refractivity contribution >= 4 is 28.5 Å². The second-order valence-corrected chi connectivity index (χ2v) is 7.51. The largest absolute Gasteiger partial charge is 0.416 e. The van der Waals surface area contributed by atoms with Crippen LogP contribution >= 0.6 is 0 Å². The van der Waals surface area contributed by atoms with E-state index < -0.39 is 23.7 Å². The van der Waals surface area contributed by atoms with E-state index in [4.69, 9.17) is 5.73 Å². The molecule has 3 aromatic rings. The Morgan fingerprint density at radius 1 is 1.03 bits per heavy atom. The number of piperazine rings is 1.